The van der Waals surface area contributed by atoms with Crippen molar-refractivity contribution in [1.29, 1.82) is 0 Å². The number of benzene rings is 1. The van der Waals surface area contributed by atoms with Crippen LogP contribution >= 0.6 is 11.3 Å². The number of carbonyl (C=O) groups excluding carboxylic acids is 1. The van der Waals surface area contributed by atoms with Crippen LogP contribution in [0.3, 0.4) is 0 Å². The molecular formula is C26H33N5O2S. The van der Waals surface area contributed by atoms with E-state index >= 15 is 0 Å². The highest BCUT2D eigenvalue weighted by atomic mass is 32.1. The molecule has 0 spiro atoms. The van der Waals surface area contributed by atoms with Crippen LogP contribution in [0.4, 0.5) is 5.69 Å². The number of anilines is 1. The molecule has 0 unspecified atom stereocenters. The third kappa shape index (κ3) is 4.87. The third-order valence-corrected chi connectivity index (χ3v) is 7.34. The minimum absolute atomic E-state index is 0.0727. The fraction of sp³-hybridized carbons (Fsp3) is 0.423. The highest BCUT2D eigenvalue weighted by molar-refractivity contribution is 7.19. The second-order valence-corrected chi connectivity index (χ2v) is 9.70. The number of amides is 1. The minimum Gasteiger partial charge on any atom is -0.372 e. The van der Waals surface area contributed by atoms with Crippen LogP contribution in [0.1, 0.15) is 43.5 Å². The number of aryl methyl sites for hydroxylation is 3. The molecule has 0 saturated heterocycles. The summed E-state index contributed by atoms with van der Waals surface area (Å²) in [5.41, 5.74) is 3.82. The monoisotopic (exact) mass is 479 g/mol. The second kappa shape index (κ2) is 10.4. The maximum Gasteiger partial charge on any atom is 0.291 e. The predicted molar refractivity (Wildman–Crippen MR) is 140 cm³/mol. The van der Waals surface area contributed by atoms with Crippen LogP contribution in [0.15, 0.2) is 41.2 Å². The normalized spacial score (nSPS) is 11.4. The molecule has 0 aliphatic heterocycles. The van der Waals surface area contributed by atoms with E-state index in [4.69, 9.17) is 0 Å². The number of aromatic nitrogens is 3. The van der Waals surface area contributed by atoms with Crippen molar-refractivity contribution in [2.75, 3.05) is 24.5 Å². The van der Waals surface area contributed by atoms with Crippen LogP contribution < -0.4 is 15.8 Å². The standard InChI is InChI=1S/C26H33N5O2S/c1-5-20-15-21-23(34-20)16-22-26(33)30(28-24(6-2)31(21)22)17-25(32)27-12-9-13-29(7-3)19-11-8-10-18(4)14-19/h8,10-11,14-16H,5-7,9,12-13,17H2,1-4H3,(H,27,32). The molecule has 0 bridgehead atoms. The zero-order chi connectivity index (χ0) is 24.2. The molecule has 0 radical (unpaired) electrons. The van der Waals surface area contributed by atoms with Crippen molar-refractivity contribution in [3.05, 3.63) is 63.0 Å². The lowest BCUT2D eigenvalue weighted by molar-refractivity contribution is -0.121. The molecule has 1 aromatic carbocycles. The Kier molecular flexibility index (Phi) is 7.36. The van der Waals surface area contributed by atoms with Crippen LogP contribution in [0.5, 0.6) is 0 Å². The SMILES string of the molecule is CCc1cc2c(cc3c(=O)n(CC(=O)NCCCN(CC)c4cccc(C)c4)nc(CC)n32)s1. The average Bonchev–Trinajstić information content (AvgIpc) is 3.39. The molecule has 0 aliphatic rings. The number of carbonyl (C=O) groups is 1. The first-order chi connectivity index (χ1) is 16.4. The van der Waals surface area contributed by atoms with Crippen LogP contribution in [-0.2, 0) is 24.2 Å². The molecule has 3 heterocycles. The van der Waals surface area contributed by atoms with Gasteiger partial charge < -0.3 is 10.2 Å². The number of thiophene rings is 1. The Balaban J connectivity index is 1.41. The van der Waals surface area contributed by atoms with Gasteiger partial charge in [-0.2, -0.15) is 5.10 Å². The summed E-state index contributed by atoms with van der Waals surface area (Å²) < 4.78 is 4.34. The van der Waals surface area contributed by atoms with Crippen LogP contribution in [-0.4, -0.2) is 39.7 Å². The Hall–Kier alpha value is -3.13. The van der Waals surface area contributed by atoms with Gasteiger partial charge in [0, 0.05) is 36.6 Å². The highest BCUT2D eigenvalue weighted by Crippen LogP contribution is 2.29. The number of nitrogens with zero attached hydrogens (tertiary/aromatic N) is 4. The van der Waals surface area contributed by atoms with Crippen LogP contribution in [0, 0.1) is 6.92 Å². The quantitative estimate of drug-likeness (QED) is 0.347. The van der Waals surface area contributed by atoms with Crippen molar-refractivity contribution in [1.82, 2.24) is 19.5 Å². The van der Waals surface area contributed by atoms with Crippen molar-refractivity contribution in [2.45, 2.75) is 53.5 Å². The van der Waals surface area contributed by atoms with E-state index in [1.54, 1.807) is 11.3 Å². The van der Waals surface area contributed by atoms with Gasteiger partial charge in [-0.05, 0) is 56.5 Å². The van der Waals surface area contributed by atoms with Gasteiger partial charge in [0.15, 0.2) is 0 Å². The van der Waals surface area contributed by atoms with Gasteiger partial charge in [-0.1, -0.05) is 26.0 Å². The number of nitrogens with one attached hydrogen (secondary N) is 1. The summed E-state index contributed by atoms with van der Waals surface area (Å²) in [6.07, 6.45) is 2.46. The van der Waals surface area contributed by atoms with Crippen molar-refractivity contribution in [3.8, 4) is 0 Å². The lowest BCUT2D eigenvalue weighted by Gasteiger charge is -2.23. The summed E-state index contributed by atoms with van der Waals surface area (Å²) in [6, 6.07) is 12.5. The zero-order valence-corrected chi connectivity index (χ0v) is 21.2. The molecule has 0 atom stereocenters. The Bertz CT molecular complexity index is 1370. The van der Waals surface area contributed by atoms with Crippen LogP contribution in [0.2, 0.25) is 0 Å². The van der Waals surface area contributed by atoms with Gasteiger partial charge in [0.25, 0.3) is 5.56 Å². The molecule has 1 N–H and O–H groups in total. The first-order valence-corrected chi connectivity index (χ1v) is 12.9. The van der Waals surface area contributed by atoms with E-state index in [0.717, 1.165) is 42.0 Å². The lowest BCUT2D eigenvalue weighted by atomic mass is 10.2. The number of fused-ring (bicyclic) bond motifs is 3. The Morgan fingerprint density at radius 1 is 1.12 bits per heavy atom. The Morgan fingerprint density at radius 3 is 2.65 bits per heavy atom. The largest absolute Gasteiger partial charge is 0.372 e. The molecule has 8 heteroatoms. The summed E-state index contributed by atoms with van der Waals surface area (Å²) in [4.78, 5) is 29.3. The van der Waals surface area contributed by atoms with E-state index in [0.29, 0.717) is 18.5 Å². The third-order valence-electron chi connectivity index (χ3n) is 6.12. The fourth-order valence-corrected chi connectivity index (χ4v) is 5.36. The molecule has 0 aliphatic carbocycles. The van der Waals surface area contributed by atoms with E-state index in [1.807, 2.05) is 17.4 Å². The molecule has 34 heavy (non-hydrogen) atoms. The van der Waals surface area contributed by atoms with Gasteiger partial charge in [0.05, 0.1) is 10.2 Å². The summed E-state index contributed by atoms with van der Waals surface area (Å²) in [7, 11) is 0. The van der Waals surface area contributed by atoms with Crippen molar-refractivity contribution in [2.24, 2.45) is 0 Å². The zero-order valence-electron chi connectivity index (χ0n) is 20.4. The van der Waals surface area contributed by atoms with Crippen LogP contribution in [0.25, 0.3) is 15.7 Å². The maximum atomic E-state index is 13.1. The molecule has 7 nitrogen and oxygen atoms in total. The average molecular weight is 480 g/mol. The molecule has 0 saturated carbocycles. The first-order valence-electron chi connectivity index (χ1n) is 12.1. The molecule has 4 rings (SSSR count). The number of hydrogen-bond acceptors (Lipinski definition) is 5. The van der Waals surface area contributed by atoms with Gasteiger partial charge in [0.1, 0.15) is 17.9 Å². The summed E-state index contributed by atoms with van der Waals surface area (Å²) in [5.74, 6) is 0.593. The number of hydrogen-bond donors (Lipinski definition) is 1. The van der Waals surface area contributed by atoms with Gasteiger partial charge in [-0.3, -0.25) is 14.0 Å². The van der Waals surface area contributed by atoms with Crippen molar-refractivity contribution in [3.63, 3.8) is 0 Å². The van der Waals surface area contributed by atoms with Gasteiger partial charge in [0.2, 0.25) is 5.91 Å². The maximum absolute atomic E-state index is 13.1. The second-order valence-electron chi connectivity index (χ2n) is 8.54. The summed E-state index contributed by atoms with van der Waals surface area (Å²) in [6.45, 7) is 10.6. The van der Waals surface area contributed by atoms with E-state index < -0.39 is 0 Å². The van der Waals surface area contributed by atoms with E-state index in [1.165, 1.54) is 20.8 Å². The molecule has 1 amide bonds. The predicted octanol–water partition coefficient (Wildman–Crippen LogP) is 4.18. The van der Waals surface area contributed by atoms with E-state index in [9.17, 15) is 9.59 Å². The topological polar surface area (TPSA) is 71.6 Å². The molecule has 4 aromatic rings. The van der Waals surface area contributed by atoms with Gasteiger partial charge >= 0.3 is 0 Å². The molecule has 180 valence electrons. The lowest BCUT2D eigenvalue weighted by Crippen LogP contribution is -2.36. The Labute approximate surface area is 204 Å². The highest BCUT2D eigenvalue weighted by Gasteiger charge is 2.17. The molecule has 0 fully saturated rings. The minimum atomic E-state index is -0.231. The Morgan fingerprint density at radius 2 is 1.94 bits per heavy atom. The number of rotatable bonds is 10. The molecule has 3 aromatic heterocycles. The summed E-state index contributed by atoms with van der Waals surface area (Å²) >= 11 is 1.71. The smallest absolute Gasteiger partial charge is 0.291 e. The van der Waals surface area contributed by atoms with Crippen molar-refractivity contribution >= 4 is 38.7 Å². The summed E-state index contributed by atoms with van der Waals surface area (Å²) in [5, 5.41) is 7.49. The van der Waals surface area contributed by atoms with E-state index in [2.05, 4.69) is 66.4 Å². The fourth-order valence-electron chi connectivity index (χ4n) is 4.33. The van der Waals surface area contributed by atoms with E-state index in [-0.39, 0.29) is 18.0 Å². The van der Waals surface area contributed by atoms with Crippen molar-refractivity contribution < 1.29 is 4.79 Å². The first kappa shape index (κ1) is 24.0. The van der Waals surface area contributed by atoms with Gasteiger partial charge in [-0.25, -0.2) is 4.68 Å². The van der Waals surface area contributed by atoms with Gasteiger partial charge in [-0.15, -0.1) is 11.3 Å². The molecular weight excluding hydrogens is 446 g/mol.